The van der Waals surface area contributed by atoms with Crippen LogP contribution in [0.15, 0.2) is 42.0 Å². The van der Waals surface area contributed by atoms with Gasteiger partial charge in [-0.2, -0.15) is 0 Å². The number of hydrogen-bond acceptors (Lipinski definition) is 5. The van der Waals surface area contributed by atoms with E-state index >= 15 is 0 Å². The fraction of sp³-hybridized carbons (Fsp3) is 0.310. The Bertz CT molecular complexity index is 1710. The summed E-state index contributed by atoms with van der Waals surface area (Å²) in [5, 5.41) is 7.35. The van der Waals surface area contributed by atoms with E-state index in [-0.39, 0.29) is 5.41 Å². The molecule has 0 saturated heterocycles. The van der Waals surface area contributed by atoms with Crippen molar-refractivity contribution in [2.45, 2.75) is 53.4 Å². The van der Waals surface area contributed by atoms with E-state index in [1.54, 1.807) is 17.7 Å². The Morgan fingerprint density at radius 2 is 1.74 bits per heavy atom. The highest BCUT2D eigenvalue weighted by Crippen LogP contribution is 2.44. The van der Waals surface area contributed by atoms with Crippen molar-refractivity contribution >= 4 is 74.5 Å². The summed E-state index contributed by atoms with van der Waals surface area (Å²) in [5.74, 6) is 0.665. The minimum absolute atomic E-state index is 0.0642. The third-order valence-corrected chi connectivity index (χ3v) is 9.95. The van der Waals surface area contributed by atoms with E-state index in [0.29, 0.717) is 5.92 Å². The molecule has 0 unspecified atom stereocenters. The molecular formula is C29H28N2S3. The second-order valence-corrected chi connectivity index (χ2v) is 13.8. The van der Waals surface area contributed by atoms with Crippen LogP contribution in [-0.2, 0) is 11.8 Å². The Kier molecular flexibility index (Phi) is 5.11. The van der Waals surface area contributed by atoms with Gasteiger partial charge in [-0.25, -0.2) is 9.97 Å². The first kappa shape index (κ1) is 22.1. The number of hydrogen-bond donors (Lipinski definition) is 0. The molecule has 0 atom stereocenters. The summed E-state index contributed by atoms with van der Waals surface area (Å²) in [6.07, 6.45) is 2.88. The van der Waals surface area contributed by atoms with Crippen LogP contribution in [0.5, 0.6) is 0 Å². The van der Waals surface area contributed by atoms with Crippen LogP contribution in [-0.4, -0.2) is 9.97 Å². The van der Waals surface area contributed by atoms with Gasteiger partial charge in [-0.3, -0.25) is 0 Å². The normalized spacial score (nSPS) is 12.8. The van der Waals surface area contributed by atoms with Gasteiger partial charge < -0.3 is 0 Å². The summed E-state index contributed by atoms with van der Waals surface area (Å²) in [5.41, 5.74) is 5.11. The van der Waals surface area contributed by atoms with Crippen LogP contribution in [0.3, 0.4) is 0 Å². The summed E-state index contributed by atoms with van der Waals surface area (Å²) >= 11 is 5.58. The van der Waals surface area contributed by atoms with Gasteiger partial charge in [0.2, 0.25) is 0 Å². The van der Waals surface area contributed by atoms with Crippen LogP contribution in [0.4, 0.5) is 0 Å². The average molecular weight is 501 g/mol. The first-order valence-electron chi connectivity index (χ1n) is 11.8. The number of fused-ring (bicyclic) bond motifs is 5. The van der Waals surface area contributed by atoms with Gasteiger partial charge in [0.05, 0.1) is 5.69 Å². The zero-order chi connectivity index (χ0) is 23.8. The lowest BCUT2D eigenvalue weighted by Gasteiger charge is -2.21. The maximum Gasteiger partial charge on any atom is 0.128 e. The molecule has 0 radical (unpaired) electrons. The van der Waals surface area contributed by atoms with Gasteiger partial charge in [0.1, 0.15) is 11.2 Å². The molecule has 6 rings (SSSR count). The minimum Gasteiger partial charge on any atom is -0.236 e. The maximum atomic E-state index is 4.86. The second-order valence-electron chi connectivity index (χ2n) is 10.7. The smallest absolute Gasteiger partial charge is 0.128 e. The average Bonchev–Trinajstić information content (AvgIpc) is 3.46. The molecule has 0 bridgehead atoms. The van der Waals surface area contributed by atoms with Crippen molar-refractivity contribution in [3.63, 3.8) is 0 Å². The Hall–Kier alpha value is -2.34. The van der Waals surface area contributed by atoms with Crippen LogP contribution in [0, 0.1) is 12.8 Å². The van der Waals surface area contributed by atoms with Gasteiger partial charge >= 0.3 is 0 Å². The molecule has 0 spiro atoms. The van der Waals surface area contributed by atoms with Crippen LogP contribution < -0.4 is 0 Å². The predicted octanol–water partition coefficient (Wildman–Crippen LogP) is 9.75. The Morgan fingerprint density at radius 1 is 0.941 bits per heavy atom. The molecule has 0 aliphatic carbocycles. The number of rotatable bonds is 3. The molecule has 34 heavy (non-hydrogen) atoms. The van der Waals surface area contributed by atoms with Crippen molar-refractivity contribution in [3.8, 4) is 11.3 Å². The summed E-state index contributed by atoms with van der Waals surface area (Å²) < 4.78 is 4.07. The molecule has 2 nitrogen and oxygen atoms in total. The molecule has 0 N–H and O–H groups in total. The van der Waals surface area contributed by atoms with Gasteiger partial charge in [0, 0.05) is 35.3 Å². The van der Waals surface area contributed by atoms with Crippen molar-refractivity contribution in [2.24, 2.45) is 5.92 Å². The third-order valence-electron chi connectivity index (χ3n) is 6.65. The molecule has 6 aromatic rings. The van der Waals surface area contributed by atoms with E-state index in [2.05, 4.69) is 77.3 Å². The predicted molar refractivity (Wildman–Crippen MR) is 153 cm³/mol. The third kappa shape index (κ3) is 3.48. The number of aromatic nitrogens is 2. The number of aryl methyl sites for hydroxylation is 1. The lowest BCUT2D eigenvalue weighted by atomic mass is 9.85. The van der Waals surface area contributed by atoms with Gasteiger partial charge in [-0.15, -0.1) is 34.0 Å². The van der Waals surface area contributed by atoms with Gasteiger partial charge in [0.15, 0.2) is 0 Å². The number of benzene rings is 2. The Labute approximate surface area is 212 Å². The van der Waals surface area contributed by atoms with E-state index in [1.807, 2.05) is 22.7 Å². The largest absolute Gasteiger partial charge is 0.236 e. The summed E-state index contributed by atoms with van der Waals surface area (Å²) in [6, 6.07) is 11.7. The molecule has 0 saturated carbocycles. The molecule has 0 amide bonds. The van der Waals surface area contributed by atoms with Crippen molar-refractivity contribution in [3.05, 3.63) is 58.0 Å². The van der Waals surface area contributed by atoms with Gasteiger partial charge in [-0.05, 0) is 82.3 Å². The highest BCUT2D eigenvalue weighted by molar-refractivity contribution is 7.26. The maximum absolute atomic E-state index is 4.86. The molecule has 4 aromatic heterocycles. The van der Waals surface area contributed by atoms with Gasteiger partial charge in [-0.1, -0.05) is 34.6 Å². The topological polar surface area (TPSA) is 25.8 Å². The number of nitrogens with zero attached hydrogens (tertiary/aromatic N) is 2. The Balaban J connectivity index is 1.64. The summed E-state index contributed by atoms with van der Waals surface area (Å²) in [4.78, 5) is 12.1. The molecule has 4 heterocycles. The Morgan fingerprint density at radius 3 is 2.50 bits per heavy atom. The van der Waals surface area contributed by atoms with E-state index < -0.39 is 0 Å². The van der Waals surface area contributed by atoms with Crippen LogP contribution in [0.2, 0.25) is 0 Å². The summed E-state index contributed by atoms with van der Waals surface area (Å²) in [6.45, 7) is 13.8. The molecule has 2 aromatic carbocycles. The first-order chi connectivity index (χ1) is 16.2. The first-order valence-corrected chi connectivity index (χ1v) is 14.3. The lowest BCUT2D eigenvalue weighted by Crippen LogP contribution is -2.11. The zero-order valence-corrected chi connectivity index (χ0v) is 22.9. The minimum atomic E-state index is 0.0642. The monoisotopic (exact) mass is 500 g/mol. The van der Waals surface area contributed by atoms with E-state index in [0.717, 1.165) is 16.9 Å². The molecule has 0 aliphatic rings. The van der Waals surface area contributed by atoms with Crippen LogP contribution >= 0.6 is 34.0 Å². The SMILES string of the molecule is Cc1c(CC(C)C)sc2cc3sc4ncnc(-c5cc(C(C)(C)C)c6sccc6c5)c4c3cc12. The lowest BCUT2D eigenvalue weighted by molar-refractivity contribution is 0.597. The summed E-state index contributed by atoms with van der Waals surface area (Å²) in [7, 11) is 0. The molecule has 0 fully saturated rings. The van der Waals surface area contributed by atoms with Gasteiger partial charge in [0.25, 0.3) is 0 Å². The standard InChI is InChI=1S/C29H28N2S3/c1-15(2)9-22-16(3)19-12-20-24(13-23(19)33-22)34-28-25(20)26(30-14-31-28)18-10-17-7-8-32-27(17)21(11-18)29(4,5)6/h7-8,10-15H,9H2,1-6H3. The molecule has 0 aliphatic heterocycles. The van der Waals surface area contributed by atoms with Crippen molar-refractivity contribution in [2.75, 3.05) is 0 Å². The highest BCUT2D eigenvalue weighted by Gasteiger charge is 2.22. The second kappa shape index (κ2) is 7.84. The molecule has 5 heteroatoms. The zero-order valence-electron chi connectivity index (χ0n) is 20.4. The molecule has 172 valence electrons. The van der Waals surface area contributed by atoms with E-state index in [9.17, 15) is 0 Å². The van der Waals surface area contributed by atoms with Crippen LogP contribution in [0.1, 0.15) is 50.6 Å². The van der Waals surface area contributed by atoms with Crippen molar-refractivity contribution < 1.29 is 0 Å². The fourth-order valence-corrected chi connectivity index (χ4v) is 8.62. The quantitative estimate of drug-likeness (QED) is 0.242. The van der Waals surface area contributed by atoms with Crippen molar-refractivity contribution in [1.82, 2.24) is 9.97 Å². The fourth-order valence-electron chi connectivity index (χ4n) is 4.93. The van der Waals surface area contributed by atoms with Crippen molar-refractivity contribution in [1.29, 1.82) is 0 Å². The number of thiophene rings is 3. The van der Waals surface area contributed by atoms with E-state index in [4.69, 9.17) is 9.97 Å². The highest BCUT2D eigenvalue weighted by atomic mass is 32.1. The van der Waals surface area contributed by atoms with E-state index in [1.165, 1.54) is 57.2 Å². The molecular weight excluding hydrogens is 473 g/mol. The van der Waals surface area contributed by atoms with Crippen LogP contribution in [0.25, 0.3) is 51.7 Å².